The van der Waals surface area contributed by atoms with Crippen LogP contribution in [0.15, 0.2) is 53.5 Å². The fourth-order valence-corrected chi connectivity index (χ4v) is 2.05. The van der Waals surface area contributed by atoms with E-state index in [0.29, 0.717) is 6.67 Å². The van der Waals surface area contributed by atoms with Crippen LogP contribution in [0.3, 0.4) is 0 Å². The molecule has 2 aromatic rings. The van der Waals surface area contributed by atoms with E-state index >= 15 is 0 Å². The van der Waals surface area contributed by atoms with Gasteiger partial charge in [0.15, 0.2) is 0 Å². The van der Waals surface area contributed by atoms with E-state index in [-0.39, 0.29) is 0 Å². The molecule has 0 spiro atoms. The number of fused-ring (bicyclic) bond motifs is 1. The van der Waals surface area contributed by atoms with Gasteiger partial charge in [-0.15, -0.1) is 0 Å². The molecule has 0 bridgehead atoms. The van der Waals surface area contributed by atoms with Gasteiger partial charge in [0.25, 0.3) is 0 Å². The first-order valence-electron chi connectivity index (χ1n) is 5.56. The highest BCUT2D eigenvalue weighted by Gasteiger charge is 2.15. The van der Waals surface area contributed by atoms with Gasteiger partial charge in [0.05, 0.1) is 5.69 Å². The molecule has 0 aliphatic carbocycles. The summed E-state index contributed by atoms with van der Waals surface area (Å²) >= 11 is 0. The van der Waals surface area contributed by atoms with Gasteiger partial charge in [-0.2, -0.15) is 0 Å². The smallest absolute Gasteiger partial charge is 0.114 e. The number of rotatable bonds is 1. The fraction of sp³-hybridized carbons (Fsp3) is 0.0714. The minimum atomic E-state index is 0.654. The van der Waals surface area contributed by atoms with E-state index in [1.807, 2.05) is 42.6 Å². The van der Waals surface area contributed by atoms with Gasteiger partial charge in [-0.1, -0.05) is 18.2 Å². The maximum absolute atomic E-state index is 5.79. The van der Waals surface area contributed by atoms with Gasteiger partial charge in [0.1, 0.15) is 6.67 Å². The maximum Gasteiger partial charge on any atom is 0.114 e. The van der Waals surface area contributed by atoms with Gasteiger partial charge in [-0.3, -0.25) is 4.99 Å². The zero-order valence-electron chi connectivity index (χ0n) is 9.38. The SMILES string of the molecule is Nc1ccc2c(c1)C=NCN2c1ccccc1. The molecule has 0 saturated carbocycles. The number of para-hydroxylation sites is 1. The van der Waals surface area contributed by atoms with Crippen LogP contribution in [-0.2, 0) is 0 Å². The Morgan fingerprint density at radius 3 is 2.71 bits per heavy atom. The van der Waals surface area contributed by atoms with Crippen molar-refractivity contribution in [2.75, 3.05) is 17.3 Å². The zero-order chi connectivity index (χ0) is 11.7. The predicted molar refractivity (Wildman–Crippen MR) is 71.9 cm³/mol. The third-order valence-electron chi connectivity index (χ3n) is 2.86. The van der Waals surface area contributed by atoms with Gasteiger partial charge >= 0.3 is 0 Å². The average Bonchev–Trinajstić information content (AvgIpc) is 2.39. The fourth-order valence-electron chi connectivity index (χ4n) is 2.05. The maximum atomic E-state index is 5.79. The molecule has 0 fully saturated rings. The van der Waals surface area contributed by atoms with Gasteiger partial charge in [-0.25, -0.2) is 0 Å². The second-order valence-electron chi connectivity index (χ2n) is 4.03. The summed E-state index contributed by atoms with van der Waals surface area (Å²) < 4.78 is 0. The van der Waals surface area contributed by atoms with Crippen molar-refractivity contribution in [3.05, 3.63) is 54.1 Å². The minimum Gasteiger partial charge on any atom is -0.399 e. The number of hydrogen-bond donors (Lipinski definition) is 1. The second kappa shape index (κ2) is 3.94. The van der Waals surface area contributed by atoms with Crippen molar-refractivity contribution < 1.29 is 0 Å². The number of nitrogens with zero attached hydrogens (tertiary/aromatic N) is 2. The number of aliphatic imine (C=N–C) groups is 1. The summed E-state index contributed by atoms with van der Waals surface area (Å²) in [5.74, 6) is 0. The van der Waals surface area contributed by atoms with Crippen LogP contribution in [0.2, 0.25) is 0 Å². The third kappa shape index (κ3) is 1.76. The van der Waals surface area contributed by atoms with Crippen LogP contribution >= 0.6 is 0 Å². The van der Waals surface area contributed by atoms with Gasteiger partial charge in [0.2, 0.25) is 0 Å². The van der Waals surface area contributed by atoms with E-state index in [1.165, 1.54) is 0 Å². The molecule has 2 N–H and O–H groups in total. The summed E-state index contributed by atoms with van der Waals surface area (Å²) in [6, 6.07) is 16.2. The number of hydrogen-bond acceptors (Lipinski definition) is 3. The van der Waals surface area contributed by atoms with E-state index in [4.69, 9.17) is 5.73 Å². The van der Waals surface area contributed by atoms with Crippen LogP contribution in [-0.4, -0.2) is 12.9 Å². The molecule has 0 aromatic heterocycles. The number of nitrogen functional groups attached to an aromatic ring is 1. The lowest BCUT2D eigenvalue weighted by molar-refractivity contribution is 0.972. The lowest BCUT2D eigenvalue weighted by Crippen LogP contribution is -2.21. The van der Waals surface area contributed by atoms with Crippen molar-refractivity contribution in [1.82, 2.24) is 0 Å². The molecule has 1 aliphatic rings. The molecule has 0 amide bonds. The van der Waals surface area contributed by atoms with E-state index < -0.39 is 0 Å². The van der Waals surface area contributed by atoms with Gasteiger partial charge in [0, 0.05) is 23.2 Å². The molecule has 2 aromatic carbocycles. The highest BCUT2D eigenvalue weighted by Crippen LogP contribution is 2.30. The van der Waals surface area contributed by atoms with Crippen molar-refractivity contribution in [3.8, 4) is 0 Å². The van der Waals surface area contributed by atoms with Crippen molar-refractivity contribution in [3.63, 3.8) is 0 Å². The number of benzene rings is 2. The van der Waals surface area contributed by atoms with Crippen LogP contribution in [0.4, 0.5) is 17.1 Å². The molecule has 1 aliphatic heterocycles. The molecule has 3 nitrogen and oxygen atoms in total. The first-order chi connectivity index (χ1) is 8.34. The first kappa shape index (κ1) is 9.90. The molecule has 3 heteroatoms. The summed E-state index contributed by atoms with van der Waals surface area (Å²) in [4.78, 5) is 6.54. The highest BCUT2D eigenvalue weighted by molar-refractivity contribution is 5.93. The lowest BCUT2D eigenvalue weighted by atomic mass is 10.1. The van der Waals surface area contributed by atoms with E-state index in [2.05, 4.69) is 22.0 Å². The Hall–Kier alpha value is -2.29. The molecule has 1 heterocycles. The molecule has 0 unspecified atom stereocenters. The van der Waals surface area contributed by atoms with Crippen molar-refractivity contribution in [1.29, 1.82) is 0 Å². The largest absolute Gasteiger partial charge is 0.399 e. The van der Waals surface area contributed by atoms with Crippen molar-refractivity contribution >= 4 is 23.3 Å². The third-order valence-corrected chi connectivity index (χ3v) is 2.86. The summed E-state index contributed by atoms with van der Waals surface area (Å²) in [5, 5.41) is 0. The average molecular weight is 223 g/mol. The van der Waals surface area contributed by atoms with Crippen LogP contribution in [0.5, 0.6) is 0 Å². The predicted octanol–water partition coefficient (Wildman–Crippen LogP) is 2.80. The lowest BCUT2D eigenvalue weighted by Gasteiger charge is -2.27. The van der Waals surface area contributed by atoms with Crippen LogP contribution in [0.25, 0.3) is 0 Å². The highest BCUT2D eigenvalue weighted by atomic mass is 15.2. The van der Waals surface area contributed by atoms with Crippen LogP contribution < -0.4 is 10.6 Å². The zero-order valence-corrected chi connectivity index (χ0v) is 9.38. The first-order valence-corrected chi connectivity index (χ1v) is 5.56. The Morgan fingerprint density at radius 2 is 1.88 bits per heavy atom. The Morgan fingerprint density at radius 1 is 1.06 bits per heavy atom. The summed E-state index contributed by atoms with van der Waals surface area (Å²) in [5.41, 5.74) is 9.93. The quantitative estimate of drug-likeness (QED) is 0.755. The summed E-state index contributed by atoms with van der Waals surface area (Å²) in [6.45, 7) is 0.654. The number of nitrogens with two attached hydrogens (primary N) is 1. The molecular weight excluding hydrogens is 210 g/mol. The molecule has 17 heavy (non-hydrogen) atoms. The Kier molecular flexibility index (Phi) is 2.29. The van der Waals surface area contributed by atoms with Gasteiger partial charge in [-0.05, 0) is 30.3 Å². The Bertz CT molecular complexity index is 561. The molecule has 84 valence electrons. The molecular formula is C14H13N3. The number of anilines is 3. The molecule has 0 atom stereocenters. The topological polar surface area (TPSA) is 41.6 Å². The second-order valence-corrected chi connectivity index (χ2v) is 4.03. The van der Waals surface area contributed by atoms with E-state index in [9.17, 15) is 0 Å². The van der Waals surface area contributed by atoms with Crippen molar-refractivity contribution in [2.24, 2.45) is 4.99 Å². The normalized spacial score (nSPS) is 13.5. The van der Waals surface area contributed by atoms with Crippen molar-refractivity contribution in [2.45, 2.75) is 0 Å². The Labute approximate surface area is 100 Å². The Balaban J connectivity index is 2.09. The van der Waals surface area contributed by atoms with E-state index in [1.54, 1.807) is 0 Å². The van der Waals surface area contributed by atoms with Gasteiger partial charge < -0.3 is 10.6 Å². The molecule has 0 radical (unpaired) electrons. The summed E-state index contributed by atoms with van der Waals surface area (Å²) in [7, 11) is 0. The standard InChI is InChI=1S/C14H13N3/c15-12-6-7-14-11(8-12)9-16-10-17(14)13-4-2-1-3-5-13/h1-9H,10,15H2. The molecule has 0 saturated heterocycles. The molecule has 3 rings (SSSR count). The summed E-state index contributed by atoms with van der Waals surface area (Å²) in [6.07, 6.45) is 1.88. The monoisotopic (exact) mass is 223 g/mol. The minimum absolute atomic E-state index is 0.654. The van der Waals surface area contributed by atoms with Crippen LogP contribution in [0.1, 0.15) is 5.56 Å². The van der Waals surface area contributed by atoms with E-state index in [0.717, 1.165) is 22.6 Å². The van der Waals surface area contributed by atoms with Crippen LogP contribution in [0, 0.1) is 0 Å².